The lowest BCUT2D eigenvalue weighted by atomic mass is 10.2. The van der Waals surface area contributed by atoms with E-state index in [0.29, 0.717) is 28.8 Å². The van der Waals surface area contributed by atoms with Crippen LogP contribution < -0.4 is 4.74 Å². The Balaban J connectivity index is 1.67. The van der Waals surface area contributed by atoms with Crippen molar-refractivity contribution < 1.29 is 4.74 Å². The number of hydrogen-bond acceptors (Lipinski definition) is 4. The van der Waals surface area contributed by atoms with Crippen molar-refractivity contribution in [2.24, 2.45) is 7.05 Å². The van der Waals surface area contributed by atoms with Gasteiger partial charge in [-0.2, -0.15) is 5.10 Å². The van der Waals surface area contributed by atoms with Gasteiger partial charge < -0.3 is 9.30 Å². The van der Waals surface area contributed by atoms with Gasteiger partial charge in [0.1, 0.15) is 12.4 Å². The topological polar surface area (TPSA) is 35.2 Å². The van der Waals surface area contributed by atoms with Crippen LogP contribution in [0.25, 0.3) is 0 Å². The number of hydrogen-bond donors (Lipinski definition) is 0. The Bertz CT molecular complexity index is 923. The molecule has 0 spiro atoms. The van der Waals surface area contributed by atoms with Gasteiger partial charge in [-0.25, -0.2) is 4.68 Å². The molecule has 0 aliphatic carbocycles. The van der Waals surface area contributed by atoms with Crippen LogP contribution in [0.5, 0.6) is 5.75 Å². The van der Waals surface area contributed by atoms with Crippen LogP contribution in [0.4, 0.5) is 0 Å². The number of para-hydroxylation sites is 1. The summed E-state index contributed by atoms with van der Waals surface area (Å²) in [6.07, 6.45) is 0. The van der Waals surface area contributed by atoms with Gasteiger partial charge in [0, 0.05) is 13.6 Å². The van der Waals surface area contributed by atoms with E-state index in [4.69, 9.17) is 28.6 Å². The average Bonchev–Trinajstić information content (AvgIpc) is 2.90. The quantitative estimate of drug-likeness (QED) is 0.566. The van der Waals surface area contributed by atoms with Crippen LogP contribution in [0.15, 0.2) is 54.6 Å². The van der Waals surface area contributed by atoms with Gasteiger partial charge in [0.05, 0.1) is 11.7 Å². The average molecular weight is 389 g/mol. The maximum atomic E-state index is 6.13. The summed E-state index contributed by atoms with van der Waals surface area (Å²) in [4.78, 5) is 2.16. The third-order valence-corrected chi connectivity index (χ3v) is 4.79. The van der Waals surface area contributed by atoms with Crippen molar-refractivity contribution in [2.75, 3.05) is 7.05 Å². The molecule has 0 saturated carbocycles. The van der Waals surface area contributed by atoms with Crippen LogP contribution in [-0.2, 0) is 26.9 Å². The number of benzene rings is 2. The molecule has 5 nitrogen and oxygen atoms in total. The zero-order valence-electron chi connectivity index (χ0n) is 14.8. The maximum absolute atomic E-state index is 6.13. The molecule has 0 aliphatic rings. The summed E-state index contributed by atoms with van der Waals surface area (Å²) in [5.74, 6) is 1.39. The molecule has 0 N–H and O–H groups in total. The second kappa shape index (κ2) is 8.49. The highest BCUT2D eigenvalue weighted by Gasteiger charge is 2.11. The Morgan fingerprint density at radius 1 is 1.12 bits per heavy atom. The molecule has 136 valence electrons. The Morgan fingerprint density at radius 3 is 2.54 bits per heavy atom. The van der Waals surface area contributed by atoms with Gasteiger partial charge in [0.2, 0.25) is 0 Å². The Labute approximate surface area is 163 Å². The first-order chi connectivity index (χ1) is 12.5. The van der Waals surface area contributed by atoms with E-state index < -0.39 is 0 Å². The van der Waals surface area contributed by atoms with Gasteiger partial charge in [0.15, 0.2) is 10.6 Å². The Morgan fingerprint density at radius 2 is 1.81 bits per heavy atom. The fourth-order valence-electron chi connectivity index (χ4n) is 2.63. The van der Waals surface area contributed by atoms with Gasteiger partial charge in [-0.05, 0) is 37.0 Å². The molecule has 3 aromatic rings. The molecule has 1 aromatic heterocycles. The number of aromatic nitrogens is 3. The van der Waals surface area contributed by atoms with Crippen LogP contribution in [0.3, 0.4) is 0 Å². The van der Waals surface area contributed by atoms with Crippen molar-refractivity contribution >= 4 is 23.8 Å². The SMILES string of the molecule is CN(Cc1ccccc1)Cn1nc(COc2ccccc2Cl)n(C)c1=S. The molecule has 7 heteroatoms. The van der Waals surface area contributed by atoms with E-state index in [-0.39, 0.29) is 0 Å². The van der Waals surface area contributed by atoms with Gasteiger partial charge >= 0.3 is 0 Å². The second-order valence-electron chi connectivity index (χ2n) is 6.12. The van der Waals surface area contributed by atoms with E-state index in [1.165, 1.54) is 5.56 Å². The molecule has 3 rings (SSSR count). The summed E-state index contributed by atoms with van der Waals surface area (Å²) in [5.41, 5.74) is 1.25. The molecular formula is C19H21ClN4OS. The lowest BCUT2D eigenvalue weighted by Crippen LogP contribution is -2.22. The van der Waals surface area contributed by atoms with Gasteiger partial charge in [0.25, 0.3) is 0 Å². The Hall–Kier alpha value is -2.15. The number of nitrogens with zero attached hydrogens (tertiary/aromatic N) is 4. The van der Waals surface area contributed by atoms with Gasteiger partial charge in [-0.3, -0.25) is 4.90 Å². The number of ether oxygens (including phenoxy) is 1. The van der Waals surface area contributed by atoms with Crippen molar-refractivity contribution in [1.29, 1.82) is 0 Å². The molecule has 0 fully saturated rings. The summed E-state index contributed by atoms with van der Waals surface area (Å²) < 4.78 is 10.1. The van der Waals surface area contributed by atoms with Crippen LogP contribution in [0, 0.1) is 4.77 Å². The van der Waals surface area contributed by atoms with Gasteiger partial charge in [-0.1, -0.05) is 54.1 Å². The molecule has 0 bridgehead atoms. The van der Waals surface area contributed by atoms with Crippen molar-refractivity contribution in [3.8, 4) is 5.75 Å². The van der Waals surface area contributed by atoms with E-state index in [0.717, 1.165) is 12.4 Å². The summed E-state index contributed by atoms with van der Waals surface area (Å²) in [6.45, 7) is 1.73. The molecule has 0 unspecified atom stereocenters. The van der Waals surface area contributed by atoms with Crippen LogP contribution >= 0.6 is 23.8 Å². The first-order valence-electron chi connectivity index (χ1n) is 8.27. The fraction of sp³-hybridized carbons (Fsp3) is 0.263. The summed E-state index contributed by atoms with van der Waals surface area (Å²) >= 11 is 11.6. The fourth-order valence-corrected chi connectivity index (χ4v) is 3.02. The summed E-state index contributed by atoms with van der Waals surface area (Å²) in [5, 5.41) is 5.18. The third kappa shape index (κ3) is 4.52. The predicted molar refractivity (Wildman–Crippen MR) is 106 cm³/mol. The van der Waals surface area contributed by atoms with Crippen LogP contribution in [0.2, 0.25) is 5.02 Å². The van der Waals surface area contributed by atoms with Crippen LogP contribution in [-0.4, -0.2) is 26.3 Å². The van der Waals surface area contributed by atoms with Crippen molar-refractivity contribution in [2.45, 2.75) is 19.8 Å². The standard InChI is InChI=1S/C19H21ClN4OS/c1-22(12-15-8-4-3-5-9-15)14-24-19(26)23(2)18(21-24)13-25-17-11-7-6-10-16(17)20/h3-11H,12-14H2,1-2H3. The molecule has 0 atom stereocenters. The van der Waals surface area contributed by atoms with Crippen LogP contribution in [0.1, 0.15) is 11.4 Å². The van der Waals surface area contributed by atoms with E-state index in [9.17, 15) is 0 Å². The molecule has 26 heavy (non-hydrogen) atoms. The highest BCUT2D eigenvalue weighted by Crippen LogP contribution is 2.23. The van der Waals surface area contributed by atoms with E-state index >= 15 is 0 Å². The minimum absolute atomic E-state index is 0.305. The highest BCUT2D eigenvalue weighted by atomic mass is 35.5. The zero-order chi connectivity index (χ0) is 18.5. The highest BCUT2D eigenvalue weighted by molar-refractivity contribution is 7.71. The third-order valence-electron chi connectivity index (χ3n) is 4.00. The molecular weight excluding hydrogens is 368 g/mol. The smallest absolute Gasteiger partial charge is 0.198 e. The summed E-state index contributed by atoms with van der Waals surface area (Å²) in [7, 11) is 3.94. The first kappa shape index (κ1) is 18.6. The normalized spacial score (nSPS) is 11.1. The van der Waals surface area contributed by atoms with Crippen molar-refractivity contribution in [1.82, 2.24) is 19.2 Å². The molecule has 0 aliphatic heterocycles. The molecule has 2 aromatic carbocycles. The summed E-state index contributed by atoms with van der Waals surface area (Å²) in [6, 6.07) is 17.7. The molecule has 0 saturated heterocycles. The minimum Gasteiger partial charge on any atom is -0.484 e. The number of halogens is 1. The lowest BCUT2D eigenvalue weighted by molar-refractivity contribution is 0.241. The lowest BCUT2D eigenvalue weighted by Gasteiger charge is -2.16. The number of rotatable bonds is 7. The Kier molecular flexibility index (Phi) is 6.08. The minimum atomic E-state index is 0.305. The molecule has 0 amide bonds. The van der Waals surface area contributed by atoms with E-state index in [1.807, 2.05) is 59.7 Å². The largest absolute Gasteiger partial charge is 0.484 e. The monoisotopic (exact) mass is 388 g/mol. The van der Waals surface area contributed by atoms with E-state index in [1.54, 1.807) is 6.07 Å². The second-order valence-corrected chi connectivity index (χ2v) is 6.89. The maximum Gasteiger partial charge on any atom is 0.198 e. The zero-order valence-corrected chi connectivity index (χ0v) is 16.4. The predicted octanol–water partition coefficient (Wildman–Crippen LogP) is 4.27. The van der Waals surface area contributed by atoms with Gasteiger partial charge in [-0.15, -0.1) is 0 Å². The molecule has 1 heterocycles. The van der Waals surface area contributed by atoms with Crippen molar-refractivity contribution in [3.63, 3.8) is 0 Å². The van der Waals surface area contributed by atoms with E-state index in [2.05, 4.69) is 22.1 Å². The first-order valence-corrected chi connectivity index (χ1v) is 9.05. The van der Waals surface area contributed by atoms with Crippen molar-refractivity contribution in [3.05, 3.63) is 75.8 Å². The molecule has 0 radical (unpaired) electrons.